The van der Waals surface area contributed by atoms with Crippen molar-refractivity contribution >= 4 is 5.91 Å². The zero-order valence-electron chi connectivity index (χ0n) is 37.5. The van der Waals surface area contributed by atoms with Gasteiger partial charge in [-0.1, -0.05) is 174 Å². The predicted octanol–water partition coefficient (Wildman–Crippen LogP) is 5.44. The van der Waals surface area contributed by atoms with Crippen LogP contribution < -0.4 is 5.32 Å². The fourth-order valence-corrected chi connectivity index (χ4v) is 8.30. The van der Waals surface area contributed by atoms with Crippen molar-refractivity contribution in [1.29, 1.82) is 0 Å². The third kappa shape index (κ3) is 22.1. The number of unbranched alkanes of at least 4 members (excludes halogenated alkanes) is 24. The summed E-state index contributed by atoms with van der Waals surface area (Å²) in [6, 6.07) is -0.819. The van der Waals surface area contributed by atoms with Crippen LogP contribution in [0.1, 0.15) is 194 Å². The summed E-state index contributed by atoms with van der Waals surface area (Å²) in [5, 5.41) is 86.7. The van der Waals surface area contributed by atoms with E-state index in [0.29, 0.717) is 12.8 Å². The fraction of sp³-hybridized carbons (Fsp3) is 0.978. The van der Waals surface area contributed by atoms with Crippen LogP contribution in [0.15, 0.2) is 0 Å². The fourth-order valence-electron chi connectivity index (χ4n) is 8.30. The maximum Gasteiger partial charge on any atom is 0.220 e. The highest BCUT2D eigenvalue weighted by molar-refractivity contribution is 5.76. The average Bonchev–Trinajstić information content (AvgIpc) is 3.24. The standard InChI is InChI=1S/C46H89NO13/c1-3-5-7-9-11-13-15-16-17-18-20-21-23-25-27-29-35(50)34(47-38(51)30-28-26-24-22-19-14-12-10-8-6-4-2)33-57-45-43(56)41(54)44(37(32-49)59-45)60-46-42(55)40(53)39(52)36(31-48)58-46/h34-37,39-46,48-50,52-56H,3-33H2,1-2H3,(H,47,51)/t34-,35+,36+,37+,39-,40?,41?,42?,43?,44+,45+,46-/m0/s1. The minimum absolute atomic E-state index is 0.207. The van der Waals surface area contributed by atoms with Crippen molar-refractivity contribution in [3.63, 3.8) is 0 Å². The zero-order chi connectivity index (χ0) is 44.0. The van der Waals surface area contributed by atoms with Crippen molar-refractivity contribution in [1.82, 2.24) is 5.32 Å². The van der Waals surface area contributed by atoms with Gasteiger partial charge in [0, 0.05) is 6.42 Å². The largest absolute Gasteiger partial charge is 0.394 e. The molecule has 2 saturated heterocycles. The molecule has 12 atom stereocenters. The smallest absolute Gasteiger partial charge is 0.220 e. The first-order valence-electron chi connectivity index (χ1n) is 24.3. The monoisotopic (exact) mass is 864 g/mol. The first-order chi connectivity index (χ1) is 29.1. The van der Waals surface area contributed by atoms with Gasteiger partial charge in [0.25, 0.3) is 0 Å². The van der Waals surface area contributed by atoms with Crippen LogP contribution in [0.4, 0.5) is 0 Å². The molecular weight excluding hydrogens is 774 g/mol. The molecule has 2 aliphatic heterocycles. The van der Waals surface area contributed by atoms with Crippen molar-refractivity contribution in [3.8, 4) is 0 Å². The molecule has 1 amide bonds. The first-order valence-corrected chi connectivity index (χ1v) is 24.3. The van der Waals surface area contributed by atoms with Crippen molar-refractivity contribution in [3.05, 3.63) is 0 Å². The van der Waals surface area contributed by atoms with Gasteiger partial charge in [0.2, 0.25) is 5.91 Å². The Kier molecular flexibility index (Phi) is 31.6. The van der Waals surface area contributed by atoms with E-state index in [1.54, 1.807) is 0 Å². The van der Waals surface area contributed by atoms with Crippen LogP contribution in [0, 0.1) is 0 Å². The summed E-state index contributed by atoms with van der Waals surface area (Å²) >= 11 is 0. The summed E-state index contributed by atoms with van der Waals surface area (Å²) in [5.41, 5.74) is 0. The van der Waals surface area contributed by atoms with E-state index in [9.17, 15) is 45.6 Å². The number of hydrogen-bond donors (Lipinski definition) is 9. The lowest BCUT2D eigenvalue weighted by Crippen LogP contribution is -2.65. The van der Waals surface area contributed by atoms with Crippen molar-refractivity contribution in [2.24, 2.45) is 0 Å². The number of carbonyl (C=O) groups is 1. The number of aliphatic hydroxyl groups is 8. The lowest BCUT2D eigenvalue weighted by molar-refractivity contribution is -0.359. The molecule has 14 heteroatoms. The molecule has 0 radical (unpaired) electrons. The maximum absolute atomic E-state index is 13.1. The van der Waals surface area contributed by atoms with Crippen LogP contribution in [0.25, 0.3) is 0 Å². The minimum atomic E-state index is -1.78. The maximum atomic E-state index is 13.1. The van der Waals surface area contributed by atoms with E-state index in [0.717, 1.165) is 51.4 Å². The van der Waals surface area contributed by atoms with Crippen LogP contribution in [-0.2, 0) is 23.7 Å². The normalized spacial score (nSPS) is 28.2. The predicted molar refractivity (Wildman–Crippen MR) is 231 cm³/mol. The summed E-state index contributed by atoms with van der Waals surface area (Å²) in [4.78, 5) is 13.1. The van der Waals surface area contributed by atoms with Gasteiger partial charge in [0.1, 0.15) is 48.8 Å². The van der Waals surface area contributed by atoms with Crippen LogP contribution >= 0.6 is 0 Å². The van der Waals surface area contributed by atoms with E-state index in [1.165, 1.54) is 116 Å². The third-order valence-corrected chi connectivity index (χ3v) is 12.3. The lowest BCUT2D eigenvalue weighted by atomic mass is 9.97. The molecular formula is C46H89NO13. The molecule has 0 aliphatic carbocycles. The van der Waals surface area contributed by atoms with E-state index < -0.39 is 86.8 Å². The summed E-state index contributed by atoms with van der Waals surface area (Å²) in [6.45, 7) is 2.84. The highest BCUT2D eigenvalue weighted by Crippen LogP contribution is 2.30. The number of nitrogens with one attached hydrogen (secondary N) is 1. The molecule has 0 aromatic heterocycles. The molecule has 356 valence electrons. The Balaban J connectivity index is 1.85. The summed E-state index contributed by atoms with van der Waals surface area (Å²) in [7, 11) is 0. The molecule has 2 aliphatic rings. The molecule has 0 aromatic rings. The summed E-state index contributed by atoms with van der Waals surface area (Å²) < 4.78 is 22.7. The van der Waals surface area contributed by atoms with Gasteiger partial charge in [0.05, 0.1) is 32.0 Å². The van der Waals surface area contributed by atoms with E-state index in [-0.39, 0.29) is 12.5 Å². The van der Waals surface area contributed by atoms with Gasteiger partial charge in [-0.15, -0.1) is 0 Å². The molecule has 9 N–H and O–H groups in total. The molecule has 0 spiro atoms. The van der Waals surface area contributed by atoms with Crippen LogP contribution in [-0.4, -0.2) is 140 Å². The molecule has 14 nitrogen and oxygen atoms in total. The van der Waals surface area contributed by atoms with E-state index in [1.807, 2.05) is 0 Å². The van der Waals surface area contributed by atoms with Gasteiger partial charge in [0.15, 0.2) is 12.6 Å². The average molecular weight is 864 g/mol. The van der Waals surface area contributed by atoms with E-state index in [4.69, 9.17) is 18.9 Å². The number of aliphatic hydroxyl groups excluding tert-OH is 8. The Bertz CT molecular complexity index is 1020. The Morgan fingerprint density at radius 1 is 0.533 bits per heavy atom. The SMILES string of the molecule is CCCCCCCCCCCCCCCCC[C@@H](O)[C@H](CO[C@@H]1O[C@H](CO)[C@@H](O[C@@H]2O[C@H](CO)[C@H](O)C(O)C2O)C(O)C1O)NC(=O)CCCCCCCCCCCCC. The topological polar surface area (TPSA) is 228 Å². The van der Waals surface area contributed by atoms with Crippen molar-refractivity contribution < 1.29 is 64.6 Å². The number of rotatable bonds is 37. The first kappa shape index (κ1) is 55.1. The number of ether oxygens (including phenoxy) is 4. The van der Waals surface area contributed by atoms with Crippen LogP contribution in [0.2, 0.25) is 0 Å². The van der Waals surface area contributed by atoms with E-state index in [2.05, 4.69) is 19.2 Å². The van der Waals surface area contributed by atoms with Gasteiger partial charge in [-0.3, -0.25) is 4.79 Å². The van der Waals surface area contributed by atoms with Crippen LogP contribution in [0.3, 0.4) is 0 Å². The third-order valence-electron chi connectivity index (χ3n) is 12.3. The molecule has 0 saturated carbocycles. The summed E-state index contributed by atoms with van der Waals surface area (Å²) in [5.74, 6) is -0.207. The molecule has 0 bridgehead atoms. The minimum Gasteiger partial charge on any atom is -0.394 e. The zero-order valence-corrected chi connectivity index (χ0v) is 37.5. The van der Waals surface area contributed by atoms with Crippen molar-refractivity contribution in [2.45, 2.75) is 267 Å². The molecule has 2 fully saturated rings. The second kappa shape index (κ2) is 34.4. The van der Waals surface area contributed by atoms with E-state index >= 15 is 0 Å². The number of hydrogen-bond acceptors (Lipinski definition) is 13. The summed E-state index contributed by atoms with van der Waals surface area (Å²) in [6.07, 6.45) is 15.4. The second-order valence-corrected chi connectivity index (χ2v) is 17.6. The van der Waals surface area contributed by atoms with Gasteiger partial charge in [-0.25, -0.2) is 0 Å². The molecule has 2 heterocycles. The molecule has 2 rings (SSSR count). The lowest BCUT2D eigenvalue weighted by Gasteiger charge is -2.46. The molecule has 60 heavy (non-hydrogen) atoms. The van der Waals surface area contributed by atoms with Gasteiger partial charge in [-0.2, -0.15) is 0 Å². The molecule has 0 aromatic carbocycles. The second-order valence-electron chi connectivity index (χ2n) is 17.6. The molecule has 4 unspecified atom stereocenters. The van der Waals surface area contributed by atoms with Gasteiger partial charge >= 0.3 is 0 Å². The number of amides is 1. The highest BCUT2D eigenvalue weighted by Gasteiger charge is 2.51. The quantitative estimate of drug-likeness (QED) is 0.0356. The number of carbonyl (C=O) groups excluding carboxylic acids is 1. The Labute approximate surface area is 362 Å². The van der Waals surface area contributed by atoms with Gasteiger partial charge in [-0.05, 0) is 12.8 Å². The Hall–Kier alpha value is -1.01. The Morgan fingerprint density at radius 2 is 0.950 bits per heavy atom. The Morgan fingerprint density at radius 3 is 1.42 bits per heavy atom. The van der Waals surface area contributed by atoms with Gasteiger partial charge < -0.3 is 65.1 Å². The van der Waals surface area contributed by atoms with Crippen LogP contribution in [0.5, 0.6) is 0 Å². The highest BCUT2D eigenvalue weighted by atomic mass is 16.7. The van der Waals surface area contributed by atoms with Crippen molar-refractivity contribution in [2.75, 3.05) is 19.8 Å².